The molecule has 0 aliphatic rings. The highest BCUT2D eigenvalue weighted by molar-refractivity contribution is 7.86. The Bertz CT molecular complexity index is 304. The number of carboxylic acid groups (broad SMARTS) is 1. The van der Waals surface area contributed by atoms with Gasteiger partial charge in [-0.1, -0.05) is 0 Å². The van der Waals surface area contributed by atoms with Gasteiger partial charge in [0, 0.05) is 6.61 Å². The molecule has 0 aromatic rings. The highest BCUT2D eigenvalue weighted by Gasteiger charge is 2.43. The molecule has 84 valence electrons. The van der Waals surface area contributed by atoms with Gasteiger partial charge in [0.2, 0.25) is 0 Å². The third-order valence-corrected chi connectivity index (χ3v) is 3.65. The minimum absolute atomic E-state index is 0.307. The summed E-state index contributed by atoms with van der Waals surface area (Å²) in [4.78, 5) is 10.7. The fraction of sp³-hybridized carbons (Fsp3) is 0.857. The maximum absolute atomic E-state index is 10.9. The molecule has 0 amide bonds. The molecule has 0 rings (SSSR count). The van der Waals surface area contributed by atoms with Gasteiger partial charge in [0.1, 0.15) is 5.25 Å². The Balaban J connectivity index is 5.12. The lowest BCUT2D eigenvalue weighted by atomic mass is 9.87. The first-order valence-corrected chi connectivity index (χ1v) is 5.45. The van der Waals surface area contributed by atoms with Crippen LogP contribution in [0, 0.1) is 5.41 Å². The van der Waals surface area contributed by atoms with Gasteiger partial charge in [0.25, 0.3) is 10.1 Å². The van der Waals surface area contributed by atoms with Crippen LogP contribution in [0.25, 0.3) is 0 Å². The summed E-state index contributed by atoms with van der Waals surface area (Å²) in [6.07, 6.45) is -0.307. The van der Waals surface area contributed by atoms with Gasteiger partial charge in [-0.25, -0.2) is 0 Å². The zero-order valence-electron chi connectivity index (χ0n) is 7.97. The van der Waals surface area contributed by atoms with Gasteiger partial charge in [0.05, 0.1) is 5.41 Å². The van der Waals surface area contributed by atoms with Gasteiger partial charge in [-0.05, 0) is 20.3 Å². The summed E-state index contributed by atoms with van der Waals surface area (Å²) in [6, 6.07) is 0. The summed E-state index contributed by atoms with van der Waals surface area (Å²) in [6.45, 7) is 1.87. The van der Waals surface area contributed by atoms with Crippen molar-refractivity contribution in [2.75, 3.05) is 6.61 Å². The summed E-state index contributed by atoms with van der Waals surface area (Å²) < 4.78 is 30.5. The van der Waals surface area contributed by atoms with Crippen LogP contribution in [0.3, 0.4) is 0 Å². The number of carbonyl (C=O) groups is 1. The Hall–Kier alpha value is -0.660. The Morgan fingerprint density at radius 2 is 1.86 bits per heavy atom. The normalized spacial score (nSPS) is 15.1. The summed E-state index contributed by atoms with van der Waals surface area (Å²) in [5.74, 6) is -1.34. The van der Waals surface area contributed by atoms with Crippen LogP contribution < -0.4 is 0 Å². The molecule has 1 unspecified atom stereocenters. The van der Waals surface area contributed by atoms with Gasteiger partial charge >= 0.3 is 5.97 Å². The van der Waals surface area contributed by atoms with Crippen molar-refractivity contribution in [2.45, 2.75) is 25.5 Å². The Kier molecular flexibility index (Phi) is 4.04. The third kappa shape index (κ3) is 2.93. The first-order valence-electron chi connectivity index (χ1n) is 3.94. The van der Waals surface area contributed by atoms with Gasteiger partial charge in [-0.15, -0.1) is 0 Å². The monoisotopic (exact) mass is 226 g/mol. The molecule has 0 saturated carbocycles. The van der Waals surface area contributed by atoms with E-state index in [4.69, 9.17) is 14.8 Å². The number of carboxylic acids is 1. The van der Waals surface area contributed by atoms with E-state index in [1.165, 1.54) is 13.8 Å². The van der Waals surface area contributed by atoms with Gasteiger partial charge in [0.15, 0.2) is 0 Å². The van der Waals surface area contributed by atoms with E-state index in [1.807, 2.05) is 0 Å². The Morgan fingerprint density at radius 3 is 2.07 bits per heavy atom. The standard InChI is InChI=1S/C7H14O6S/c1-7(2,6(9)10)5(3-4-8)14(11,12)13/h5,8H,3-4H2,1-2H3,(H,9,10)(H,11,12,13). The molecule has 14 heavy (non-hydrogen) atoms. The van der Waals surface area contributed by atoms with Crippen molar-refractivity contribution in [3.8, 4) is 0 Å². The fourth-order valence-electron chi connectivity index (χ4n) is 1.14. The fourth-order valence-corrected chi connectivity index (χ4v) is 2.39. The first kappa shape index (κ1) is 13.3. The van der Waals surface area contributed by atoms with Crippen molar-refractivity contribution < 1.29 is 28.0 Å². The second-order valence-corrected chi connectivity index (χ2v) is 5.14. The Labute approximate surface area is 82.3 Å². The topological polar surface area (TPSA) is 112 Å². The first-order chi connectivity index (χ1) is 6.14. The summed E-state index contributed by atoms with van der Waals surface area (Å²) >= 11 is 0. The van der Waals surface area contributed by atoms with E-state index in [2.05, 4.69) is 0 Å². The largest absolute Gasteiger partial charge is 0.481 e. The van der Waals surface area contributed by atoms with Crippen LogP contribution in [0.2, 0.25) is 0 Å². The number of rotatable bonds is 5. The van der Waals surface area contributed by atoms with E-state index in [-0.39, 0.29) is 6.42 Å². The molecule has 0 aromatic carbocycles. The van der Waals surface area contributed by atoms with Crippen LogP contribution in [0.4, 0.5) is 0 Å². The average molecular weight is 226 g/mol. The zero-order valence-corrected chi connectivity index (χ0v) is 8.78. The predicted molar refractivity (Wildman–Crippen MR) is 48.5 cm³/mol. The highest BCUT2D eigenvalue weighted by atomic mass is 32.2. The molecule has 7 heteroatoms. The van der Waals surface area contributed by atoms with Crippen molar-refractivity contribution >= 4 is 16.1 Å². The van der Waals surface area contributed by atoms with Crippen molar-refractivity contribution in [3.63, 3.8) is 0 Å². The summed E-state index contributed by atoms with van der Waals surface area (Å²) in [5, 5.41) is 15.8. The lowest BCUT2D eigenvalue weighted by Crippen LogP contribution is -2.42. The molecule has 0 heterocycles. The molecule has 0 radical (unpaired) electrons. The summed E-state index contributed by atoms with van der Waals surface area (Å²) in [5.41, 5.74) is -1.63. The van der Waals surface area contributed by atoms with Gasteiger partial charge < -0.3 is 10.2 Å². The van der Waals surface area contributed by atoms with E-state index in [1.54, 1.807) is 0 Å². The van der Waals surface area contributed by atoms with Crippen molar-refractivity contribution in [3.05, 3.63) is 0 Å². The van der Waals surface area contributed by atoms with Crippen molar-refractivity contribution in [2.24, 2.45) is 5.41 Å². The zero-order chi connectivity index (χ0) is 11.6. The van der Waals surface area contributed by atoms with Crippen LogP contribution >= 0.6 is 0 Å². The lowest BCUT2D eigenvalue weighted by Gasteiger charge is -2.27. The molecular weight excluding hydrogens is 212 g/mol. The molecule has 0 aliphatic heterocycles. The van der Waals surface area contributed by atoms with Crippen LogP contribution in [0.1, 0.15) is 20.3 Å². The minimum atomic E-state index is -4.47. The van der Waals surface area contributed by atoms with Crippen molar-refractivity contribution in [1.29, 1.82) is 0 Å². The maximum atomic E-state index is 10.9. The second-order valence-electron chi connectivity index (χ2n) is 3.54. The number of hydrogen-bond donors (Lipinski definition) is 3. The number of aliphatic carboxylic acids is 1. The average Bonchev–Trinajstić information content (AvgIpc) is 1.97. The van der Waals surface area contributed by atoms with E-state index in [0.29, 0.717) is 0 Å². The molecule has 0 saturated heterocycles. The lowest BCUT2D eigenvalue weighted by molar-refractivity contribution is -0.147. The minimum Gasteiger partial charge on any atom is -0.481 e. The van der Waals surface area contributed by atoms with E-state index >= 15 is 0 Å². The number of hydrogen-bond acceptors (Lipinski definition) is 4. The van der Waals surface area contributed by atoms with Gasteiger partial charge in [-0.2, -0.15) is 8.42 Å². The quantitative estimate of drug-likeness (QED) is 0.556. The van der Waals surface area contributed by atoms with Gasteiger partial charge in [-0.3, -0.25) is 9.35 Å². The molecule has 6 nitrogen and oxygen atoms in total. The van der Waals surface area contributed by atoms with E-state index in [9.17, 15) is 13.2 Å². The Morgan fingerprint density at radius 1 is 1.43 bits per heavy atom. The molecule has 0 aromatic heterocycles. The maximum Gasteiger partial charge on any atom is 0.310 e. The molecule has 0 aliphatic carbocycles. The summed E-state index contributed by atoms with van der Waals surface area (Å²) in [7, 11) is -4.47. The van der Waals surface area contributed by atoms with E-state index < -0.39 is 33.4 Å². The van der Waals surface area contributed by atoms with Crippen LogP contribution in [-0.2, 0) is 14.9 Å². The third-order valence-electron chi connectivity index (χ3n) is 2.11. The van der Waals surface area contributed by atoms with Crippen LogP contribution in [-0.4, -0.2) is 41.0 Å². The number of aliphatic hydroxyl groups excluding tert-OH is 1. The SMILES string of the molecule is CC(C)(C(=O)O)C(CCO)S(=O)(=O)O. The second kappa shape index (κ2) is 4.24. The van der Waals surface area contributed by atoms with E-state index in [0.717, 1.165) is 0 Å². The molecule has 0 fully saturated rings. The predicted octanol–water partition coefficient (Wildman–Crippen LogP) is -0.264. The molecule has 0 bridgehead atoms. The molecule has 0 spiro atoms. The molecule has 3 N–H and O–H groups in total. The molecular formula is C7H14O6S. The van der Waals surface area contributed by atoms with Crippen LogP contribution in [0.15, 0.2) is 0 Å². The van der Waals surface area contributed by atoms with Crippen LogP contribution in [0.5, 0.6) is 0 Å². The smallest absolute Gasteiger partial charge is 0.310 e. The molecule has 1 atom stereocenters. The number of aliphatic hydroxyl groups is 1. The van der Waals surface area contributed by atoms with Crippen molar-refractivity contribution in [1.82, 2.24) is 0 Å². The highest BCUT2D eigenvalue weighted by Crippen LogP contribution is 2.28.